The predicted octanol–water partition coefficient (Wildman–Crippen LogP) is 1.80. The van der Waals surface area contributed by atoms with E-state index >= 15 is 0 Å². The number of ether oxygens (including phenoxy) is 1. The molecule has 5 heteroatoms. The molecule has 0 aliphatic rings. The van der Waals surface area contributed by atoms with Crippen LogP contribution in [0.25, 0.3) is 0 Å². The van der Waals surface area contributed by atoms with Gasteiger partial charge in [-0.3, -0.25) is 4.79 Å². The zero-order valence-corrected chi connectivity index (χ0v) is 11.6. The third kappa shape index (κ3) is 8.54. The Hall–Kier alpha value is -1.26. The molecular weight excluding hydrogens is 220 g/mol. The third-order valence-electron chi connectivity index (χ3n) is 1.85. The first kappa shape index (κ1) is 15.7. The molecule has 0 aromatic heterocycles. The minimum absolute atomic E-state index is 0.102. The Morgan fingerprint density at radius 2 is 1.65 bits per heavy atom. The summed E-state index contributed by atoms with van der Waals surface area (Å²) in [6.45, 7) is 11.2. The van der Waals surface area contributed by atoms with Crippen LogP contribution in [0.2, 0.25) is 0 Å². The summed E-state index contributed by atoms with van der Waals surface area (Å²) in [6, 6.07) is -0.704. The number of nitrogens with two attached hydrogens (primary N) is 1. The lowest BCUT2D eigenvalue weighted by atomic mass is 9.88. The van der Waals surface area contributed by atoms with Gasteiger partial charge in [0, 0.05) is 0 Å². The molecule has 100 valence electrons. The lowest BCUT2D eigenvalue weighted by Gasteiger charge is -2.26. The molecule has 0 spiro atoms. The Bertz CT molecular complexity index is 287. The highest BCUT2D eigenvalue weighted by atomic mass is 16.6. The van der Waals surface area contributed by atoms with E-state index in [1.165, 1.54) is 0 Å². The molecule has 0 aromatic rings. The molecular formula is C12H24N2O3. The Morgan fingerprint density at radius 1 is 1.18 bits per heavy atom. The van der Waals surface area contributed by atoms with Gasteiger partial charge in [-0.15, -0.1) is 0 Å². The van der Waals surface area contributed by atoms with Crippen molar-refractivity contribution in [1.82, 2.24) is 5.32 Å². The monoisotopic (exact) mass is 244 g/mol. The Labute approximate surface area is 103 Å². The Kier molecular flexibility index (Phi) is 4.98. The van der Waals surface area contributed by atoms with Crippen LogP contribution in [0.5, 0.6) is 0 Å². The van der Waals surface area contributed by atoms with Crippen LogP contribution in [0.1, 0.15) is 48.0 Å². The van der Waals surface area contributed by atoms with Crippen LogP contribution >= 0.6 is 0 Å². The number of rotatable bonds is 3. The van der Waals surface area contributed by atoms with E-state index in [1.54, 1.807) is 20.8 Å². The highest BCUT2D eigenvalue weighted by Crippen LogP contribution is 2.20. The van der Waals surface area contributed by atoms with Crippen LogP contribution in [-0.2, 0) is 9.53 Å². The molecule has 0 rings (SSSR count). The summed E-state index contributed by atoms with van der Waals surface area (Å²) < 4.78 is 5.08. The first-order valence-electron chi connectivity index (χ1n) is 5.69. The van der Waals surface area contributed by atoms with E-state index in [-0.39, 0.29) is 5.41 Å². The molecule has 0 fully saturated rings. The molecule has 1 atom stereocenters. The fourth-order valence-corrected chi connectivity index (χ4v) is 1.28. The molecule has 0 aliphatic heterocycles. The maximum absolute atomic E-state index is 11.5. The summed E-state index contributed by atoms with van der Waals surface area (Å²) >= 11 is 0. The second-order valence-electron chi connectivity index (χ2n) is 6.37. The standard InChI is InChI=1S/C12H24N2O3/c1-11(2,3)7-8(9(13)15)14-10(16)17-12(4,5)6/h8H,7H2,1-6H3,(H2,13,15)(H,14,16)/t8-/m1/s1. The first-order chi connectivity index (χ1) is 7.41. The van der Waals surface area contributed by atoms with Gasteiger partial charge in [0.1, 0.15) is 11.6 Å². The van der Waals surface area contributed by atoms with Crippen LogP contribution < -0.4 is 11.1 Å². The van der Waals surface area contributed by atoms with Crippen LogP contribution in [0.4, 0.5) is 4.79 Å². The van der Waals surface area contributed by atoms with Crippen molar-refractivity contribution in [2.45, 2.75) is 59.6 Å². The zero-order valence-electron chi connectivity index (χ0n) is 11.6. The Morgan fingerprint density at radius 3 is 1.94 bits per heavy atom. The maximum atomic E-state index is 11.5. The Balaban J connectivity index is 4.47. The fraction of sp³-hybridized carbons (Fsp3) is 0.833. The zero-order chi connectivity index (χ0) is 13.9. The van der Waals surface area contributed by atoms with Crippen molar-refractivity contribution >= 4 is 12.0 Å². The average molecular weight is 244 g/mol. The van der Waals surface area contributed by atoms with Crippen molar-refractivity contribution in [3.8, 4) is 0 Å². The van der Waals surface area contributed by atoms with Crippen molar-refractivity contribution in [2.75, 3.05) is 0 Å². The number of amides is 2. The summed E-state index contributed by atoms with van der Waals surface area (Å²) in [5, 5.41) is 2.49. The molecule has 0 radical (unpaired) electrons. The molecule has 0 aromatic carbocycles. The van der Waals surface area contributed by atoms with Crippen molar-refractivity contribution < 1.29 is 14.3 Å². The molecule has 17 heavy (non-hydrogen) atoms. The number of primary amides is 1. The second kappa shape index (κ2) is 5.38. The average Bonchev–Trinajstić information content (AvgIpc) is 1.95. The normalized spacial score (nSPS) is 14.0. The van der Waals surface area contributed by atoms with Crippen LogP contribution in [-0.4, -0.2) is 23.6 Å². The van der Waals surface area contributed by atoms with Gasteiger partial charge < -0.3 is 15.8 Å². The van der Waals surface area contributed by atoms with Crippen molar-refractivity contribution in [3.05, 3.63) is 0 Å². The summed E-state index contributed by atoms with van der Waals surface area (Å²) in [6.07, 6.45) is -0.146. The minimum Gasteiger partial charge on any atom is -0.444 e. The molecule has 5 nitrogen and oxygen atoms in total. The van der Waals surface area contributed by atoms with Gasteiger partial charge in [-0.05, 0) is 32.6 Å². The molecule has 0 saturated carbocycles. The van der Waals surface area contributed by atoms with Gasteiger partial charge in [-0.25, -0.2) is 4.79 Å². The van der Waals surface area contributed by atoms with E-state index in [9.17, 15) is 9.59 Å². The third-order valence-corrected chi connectivity index (χ3v) is 1.85. The minimum atomic E-state index is -0.704. The van der Waals surface area contributed by atoms with E-state index < -0.39 is 23.6 Å². The lowest BCUT2D eigenvalue weighted by Crippen LogP contribution is -2.47. The van der Waals surface area contributed by atoms with Gasteiger partial charge in [0.05, 0.1) is 0 Å². The largest absolute Gasteiger partial charge is 0.444 e. The molecule has 3 N–H and O–H groups in total. The molecule has 0 aliphatic carbocycles. The number of carbonyl (C=O) groups excluding carboxylic acids is 2. The molecule has 0 unspecified atom stereocenters. The van der Waals surface area contributed by atoms with Gasteiger partial charge in [0.15, 0.2) is 0 Å². The number of nitrogens with one attached hydrogen (secondary N) is 1. The molecule has 2 amide bonds. The van der Waals surface area contributed by atoms with E-state index in [2.05, 4.69) is 5.32 Å². The fourth-order valence-electron chi connectivity index (χ4n) is 1.28. The van der Waals surface area contributed by atoms with Crippen molar-refractivity contribution in [1.29, 1.82) is 0 Å². The maximum Gasteiger partial charge on any atom is 0.408 e. The predicted molar refractivity (Wildman–Crippen MR) is 66.4 cm³/mol. The van der Waals surface area contributed by atoms with E-state index in [4.69, 9.17) is 10.5 Å². The van der Waals surface area contributed by atoms with Gasteiger partial charge >= 0.3 is 6.09 Å². The van der Waals surface area contributed by atoms with Crippen LogP contribution in [0.15, 0.2) is 0 Å². The summed E-state index contributed by atoms with van der Waals surface area (Å²) in [5.74, 6) is -0.550. The van der Waals surface area contributed by atoms with Gasteiger partial charge in [-0.1, -0.05) is 20.8 Å². The first-order valence-corrected chi connectivity index (χ1v) is 5.69. The summed E-state index contributed by atoms with van der Waals surface area (Å²) in [4.78, 5) is 22.7. The SMILES string of the molecule is CC(C)(C)C[C@@H](NC(=O)OC(C)(C)C)C(N)=O. The van der Waals surface area contributed by atoms with Crippen molar-refractivity contribution in [2.24, 2.45) is 11.1 Å². The lowest BCUT2D eigenvalue weighted by molar-refractivity contribution is -0.120. The van der Waals surface area contributed by atoms with Crippen LogP contribution in [0, 0.1) is 5.41 Å². The number of hydrogen-bond acceptors (Lipinski definition) is 3. The molecule has 0 heterocycles. The van der Waals surface area contributed by atoms with Gasteiger partial charge in [0.25, 0.3) is 0 Å². The molecule has 0 saturated heterocycles. The highest BCUT2D eigenvalue weighted by molar-refractivity contribution is 5.84. The topological polar surface area (TPSA) is 81.4 Å². The molecule has 0 bridgehead atoms. The highest BCUT2D eigenvalue weighted by Gasteiger charge is 2.26. The summed E-state index contributed by atoms with van der Waals surface area (Å²) in [5.41, 5.74) is 4.55. The van der Waals surface area contributed by atoms with E-state index in [1.807, 2.05) is 20.8 Å². The quantitative estimate of drug-likeness (QED) is 0.794. The number of hydrogen-bond donors (Lipinski definition) is 2. The van der Waals surface area contributed by atoms with Gasteiger partial charge in [0.2, 0.25) is 5.91 Å². The van der Waals surface area contributed by atoms with Gasteiger partial charge in [-0.2, -0.15) is 0 Å². The number of alkyl carbamates (subject to hydrolysis) is 1. The number of carbonyl (C=O) groups is 2. The van der Waals surface area contributed by atoms with Crippen LogP contribution in [0.3, 0.4) is 0 Å². The smallest absolute Gasteiger partial charge is 0.408 e. The van der Waals surface area contributed by atoms with Crippen molar-refractivity contribution in [3.63, 3.8) is 0 Å². The van der Waals surface area contributed by atoms with E-state index in [0.717, 1.165) is 0 Å². The van der Waals surface area contributed by atoms with E-state index in [0.29, 0.717) is 6.42 Å². The second-order valence-corrected chi connectivity index (χ2v) is 6.37. The summed E-state index contributed by atoms with van der Waals surface area (Å²) in [7, 11) is 0.